The Hall–Kier alpha value is -1.76. The number of benzene rings is 1. The molecule has 13 heteroatoms. The SMILES string of the molecule is O=C(O)C1NC(C(C(F)(F)F)C(F)(F)F)C2CN(Cc3cccc(Cl)c3N3CCOCC3)CC12. The maximum atomic E-state index is 13.4. The summed E-state index contributed by atoms with van der Waals surface area (Å²) in [6, 6.07) is 1.68. The van der Waals surface area contributed by atoms with Crippen LogP contribution in [-0.4, -0.2) is 79.8 Å². The lowest BCUT2D eigenvalue weighted by Crippen LogP contribution is -2.53. The number of nitrogens with one attached hydrogen (secondary N) is 1. The highest BCUT2D eigenvalue weighted by Crippen LogP contribution is 2.49. The number of ether oxygens (including phenoxy) is 1. The topological polar surface area (TPSA) is 65.0 Å². The molecule has 1 aromatic carbocycles. The Bertz CT molecular complexity index is 895. The number of likely N-dealkylation sites (tertiary alicyclic amines) is 1. The monoisotopic (exact) mass is 515 g/mol. The maximum Gasteiger partial charge on any atom is 0.402 e. The highest BCUT2D eigenvalue weighted by Gasteiger charge is 2.66. The molecule has 4 unspecified atom stereocenters. The lowest BCUT2D eigenvalue weighted by molar-refractivity contribution is -0.293. The summed E-state index contributed by atoms with van der Waals surface area (Å²) >= 11 is 6.44. The van der Waals surface area contributed by atoms with Crippen LogP contribution >= 0.6 is 11.6 Å². The van der Waals surface area contributed by atoms with Gasteiger partial charge in [-0.05, 0) is 17.5 Å². The molecule has 4 atom stereocenters. The van der Waals surface area contributed by atoms with E-state index in [1.807, 2.05) is 11.0 Å². The van der Waals surface area contributed by atoms with E-state index < -0.39 is 48.2 Å². The number of carboxylic acids is 1. The molecule has 3 fully saturated rings. The molecule has 0 spiro atoms. The number of hydrogen-bond donors (Lipinski definition) is 2. The van der Waals surface area contributed by atoms with Crippen molar-refractivity contribution in [1.29, 1.82) is 0 Å². The number of morpholine rings is 1. The summed E-state index contributed by atoms with van der Waals surface area (Å²) in [6.45, 7) is 2.38. The fourth-order valence-electron chi connectivity index (χ4n) is 5.52. The Morgan fingerprint density at radius 2 is 1.74 bits per heavy atom. The average Bonchev–Trinajstić information content (AvgIpc) is 3.26. The van der Waals surface area contributed by atoms with Gasteiger partial charge in [0.1, 0.15) is 6.04 Å². The van der Waals surface area contributed by atoms with Crippen LogP contribution in [0.15, 0.2) is 18.2 Å². The summed E-state index contributed by atoms with van der Waals surface area (Å²) in [5, 5.41) is 12.1. The number of halogens is 7. The molecule has 6 nitrogen and oxygen atoms in total. The van der Waals surface area contributed by atoms with Gasteiger partial charge in [-0.1, -0.05) is 23.7 Å². The number of carboxylic acid groups (broad SMARTS) is 1. The zero-order valence-electron chi connectivity index (χ0n) is 17.9. The third kappa shape index (κ3) is 4.95. The number of para-hydroxylation sites is 1. The van der Waals surface area contributed by atoms with Gasteiger partial charge in [0.25, 0.3) is 0 Å². The number of carbonyl (C=O) groups is 1. The first-order valence-corrected chi connectivity index (χ1v) is 11.2. The van der Waals surface area contributed by atoms with Gasteiger partial charge in [0, 0.05) is 44.7 Å². The zero-order valence-corrected chi connectivity index (χ0v) is 18.6. The van der Waals surface area contributed by atoms with Crippen LogP contribution in [0, 0.1) is 17.8 Å². The van der Waals surface area contributed by atoms with E-state index >= 15 is 0 Å². The molecule has 3 saturated heterocycles. The van der Waals surface area contributed by atoms with Gasteiger partial charge in [0.15, 0.2) is 5.92 Å². The third-order valence-corrected chi connectivity index (χ3v) is 7.18. The smallest absolute Gasteiger partial charge is 0.402 e. The molecule has 1 aromatic rings. The molecular formula is C21H24ClF6N3O3. The van der Waals surface area contributed by atoms with Crippen molar-refractivity contribution in [3.8, 4) is 0 Å². The van der Waals surface area contributed by atoms with Crippen molar-refractivity contribution in [2.24, 2.45) is 17.8 Å². The van der Waals surface area contributed by atoms with Crippen LogP contribution in [0.25, 0.3) is 0 Å². The zero-order chi connectivity index (χ0) is 24.8. The van der Waals surface area contributed by atoms with E-state index in [4.69, 9.17) is 16.3 Å². The average molecular weight is 516 g/mol. The molecule has 0 saturated carbocycles. The third-order valence-electron chi connectivity index (χ3n) is 6.87. The van der Waals surface area contributed by atoms with Crippen molar-refractivity contribution in [3.63, 3.8) is 0 Å². The van der Waals surface area contributed by atoms with Crippen molar-refractivity contribution >= 4 is 23.3 Å². The lowest BCUT2D eigenvalue weighted by Gasteiger charge is -2.33. The van der Waals surface area contributed by atoms with Gasteiger partial charge in [0.05, 0.1) is 23.9 Å². The van der Waals surface area contributed by atoms with Crippen molar-refractivity contribution < 1.29 is 41.0 Å². The molecule has 3 aliphatic heterocycles. The number of rotatable bonds is 5. The normalized spacial score (nSPS) is 28.5. The molecule has 0 bridgehead atoms. The molecule has 3 aliphatic rings. The van der Waals surface area contributed by atoms with Crippen LogP contribution in [0.2, 0.25) is 5.02 Å². The minimum Gasteiger partial charge on any atom is -0.480 e. The molecular weight excluding hydrogens is 492 g/mol. The van der Waals surface area contributed by atoms with E-state index in [1.165, 1.54) is 0 Å². The van der Waals surface area contributed by atoms with Crippen LogP contribution in [0.5, 0.6) is 0 Å². The second-order valence-electron chi connectivity index (χ2n) is 8.94. The summed E-state index contributed by atoms with van der Waals surface area (Å²) in [5.74, 6) is -7.12. The van der Waals surface area contributed by atoms with Gasteiger partial charge in [-0.25, -0.2) is 0 Å². The summed E-state index contributed by atoms with van der Waals surface area (Å²) in [5.41, 5.74) is 1.52. The van der Waals surface area contributed by atoms with Gasteiger partial charge < -0.3 is 20.1 Å². The van der Waals surface area contributed by atoms with Crippen LogP contribution in [-0.2, 0) is 16.1 Å². The summed E-state index contributed by atoms with van der Waals surface area (Å²) in [4.78, 5) is 15.5. The van der Waals surface area contributed by atoms with Crippen molar-refractivity contribution in [1.82, 2.24) is 10.2 Å². The van der Waals surface area contributed by atoms with Crippen LogP contribution in [0.3, 0.4) is 0 Å². The number of alkyl halides is 6. The molecule has 0 aromatic heterocycles. The Labute approximate surface area is 196 Å². The molecule has 3 heterocycles. The Morgan fingerprint density at radius 3 is 2.32 bits per heavy atom. The van der Waals surface area contributed by atoms with Gasteiger partial charge >= 0.3 is 18.3 Å². The van der Waals surface area contributed by atoms with Gasteiger partial charge in [-0.3, -0.25) is 9.69 Å². The maximum absolute atomic E-state index is 13.4. The Balaban J connectivity index is 1.59. The van der Waals surface area contributed by atoms with Crippen molar-refractivity contribution in [2.75, 3.05) is 44.3 Å². The van der Waals surface area contributed by atoms with E-state index in [0.29, 0.717) is 31.3 Å². The largest absolute Gasteiger partial charge is 0.480 e. The molecule has 34 heavy (non-hydrogen) atoms. The number of anilines is 1. The minimum atomic E-state index is -5.56. The molecule has 0 radical (unpaired) electrons. The van der Waals surface area contributed by atoms with Gasteiger partial charge in [-0.2, -0.15) is 26.3 Å². The standard InChI is InChI=1S/C21H24ClF6N3O3/c22-14-3-1-2-11(17(14)31-4-6-34-7-5-31)8-30-9-12-13(10-30)16(19(32)33)29-15(12)18(20(23,24)25)21(26,27)28/h1-3,12-13,15-16,18,29H,4-10H2,(H,32,33). The highest BCUT2D eigenvalue weighted by atomic mass is 35.5. The van der Waals surface area contributed by atoms with E-state index in [0.717, 1.165) is 11.3 Å². The van der Waals surface area contributed by atoms with Gasteiger partial charge in [-0.15, -0.1) is 0 Å². The summed E-state index contributed by atoms with van der Waals surface area (Å²) in [6.07, 6.45) is -11.1. The predicted octanol–water partition coefficient (Wildman–Crippen LogP) is 3.39. The van der Waals surface area contributed by atoms with E-state index in [-0.39, 0.29) is 19.6 Å². The molecule has 0 aliphatic carbocycles. The fourth-order valence-corrected chi connectivity index (χ4v) is 5.83. The lowest BCUT2D eigenvalue weighted by atomic mass is 9.84. The summed E-state index contributed by atoms with van der Waals surface area (Å²) in [7, 11) is 0. The predicted molar refractivity (Wildman–Crippen MR) is 111 cm³/mol. The van der Waals surface area contributed by atoms with E-state index in [1.54, 1.807) is 17.0 Å². The van der Waals surface area contributed by atoms with Crippen molar-refractivity contribution in [3.05, 3.63) is 28.8 Å². The quantitative estimate of drug-likeness (QED) is 0.586. The first-order valence-electron chi connectivity index (χ1n) is 10.8. The van der Waals surface area contributed by atoms with Crippen molar-refractivity contribution in [2.45, 2.75) is 31.0 Å². The van der Waals surface area contributed by atoms with E-state index in [2.05, 4.69) is 5.32 Å². The van der Waals surface area contributed by atoms with Crippen LogP contribution < -0.4 is 10.2 Å². The summed E-state index contributed by atoms with van der Waals surface area (Å²) < 4.78 is 86.1. The molecule has 2 N–H and O–H groups in total. The number of aliphatic carboxylic acids is 1. The van der Waals surface area contributed by atoms with Gasteiger partial charge in [0.2, 0.25) is 0 Å². The highest BCUT2D eigenvalue weighted by molar-refractivity contribution is 6.33. The number of hydrogen-bond acceptors (Lipinski definition) is 5. The minimum absolute atomic E-state index is 0.0582. The molecule has 4 rings (SSSR count). The fraction of sp³-hybridized carbons (Fsp3) is 0.667. The molecule has 0 amide bonds. The second-order valence-corrected chi connectivity index (χ2v) is 9.35. The first-order chi connectivity index (χ1) is 15.9. The second kappa shape index (κ2) is 9.36. The first kappa shape index (κ1) is 25.3. The number of fused-ring (bicyclic) bond motifs is 1. The van der Waals surface area contributed by atoms with Crippen LogP contribution in [0.1, 0.15) is 5.56 Å². The van der Waals surface area contributed by atoms with E-state index in [9.17, 15) is 36.2 Å². The Kier molecular flexibility index (Phi) is 6.98. The number of nitrogens with zero attached hydrogens (tertiary/aromatic N) is 2. The molecule has 190 valence electrons. The Morgan fingerprint density at radius 1 is 1.12 bits per heavy atom. The van der Waals surface area contributed by atoms with Crippen LogP contribution in [0.4, 0.5) is 32.0 Å².